The summed E-state index contributed by atoms with van der Waals surface area (Å²) in [5, 5.41) is 0. The van der Waals surface area contributed by atoms with Crippen LogP contribution in [0.15, 0.2) is 0 Å². The molecule has 0 saturated carbocycles. The molecular weight excluding hydrogens is 226 g/mol. The van der Waals surface area contributed by atoms with E-state index in [0.29, 0.717) is 19.4 Å². The lowest BCUT2D eigenvalue weighted by atomic mass is 10.1. The second kappa shape index (κ2) is 9.84. The zero-order valence-electron chi connectivity index (χ0n) is 7.93. The molecule has 4 atom stereocenters. The monoisotopic (exact) mass is 244 g/mol. The van der Waals surface area contributed by atoms with Crippen LogP contribution in [0, 0.1) is 0 Å². The van der Waals surface area contributed by atoms with Crippen LogP contribution in [-0.4, -0.2) is 25.3 Å². The van der Waals surface area contributed by atoms with Crippen molar-refractivity contribution in [2.24, 2.45) is 11.5 Å². The molecule has 0 aromatic carbocycles. The van der Waals surface area contributed by atoms with Gasteiger partial charge in [0.2, 0.25) is 0 Å². The molecule has 0 saturated heterocycles. The molecule has 0 aromatic rings. The van der Waals surface area contributed by atoms with Gasteiger partial charge in [-0.05, 0) is 12.8 Å². The SMILES string of the molecule is NCC(N)C(CCCO[PH2]=O)O[PH2]=O. The van der Waals surface area contributed by atoms with Gasteiger partial charge in [-0.25, -0.2) is 0 Å². The Morgan fingerprint density at radius 1 is 1.29 bits per heavy atom. The average molecular weight is 244 g/mol. The van der Waals surface area contributed by atoms with Gasteiger partial charge in [0.25, 0.3) is 0 Å². The van der Waals surface area contributed by atoms with E-state index in [2.05, 4.69) is 0 Å². The van der Waals surface area contributed by atoms with Crippen LogP contribution in [0.4, 0.5) is 0 Å². The standard InChI is InChI=1S/C6H18N2O4P2/c7-4-5(8)6(12-14-10)2-1-3-11-13-9/h5-6H,1-4,7-8,13-14H2. The van der Waals surface area contributed by atoms with E-state index in [1.807, 2.05) is 0 Å². The average Bonchev–Trinajstić information content (AvgIpc) is 2.21. The number of rotatable bonds is 9. The fraction of sp³-hybridized carbons (Fsp3) is 1.00. The summed E-state index contributed by atoms with van der Waals surface area (Å²) >= 11 is 0. The minimum Gasteiger partial charge on any atom is -0.332 e. The predicted octanol–water partition coefficient (Wildman–Crippen LogP) is -0.203. The second-order valence-corrected chi connectivity index (χ2v) is 3.77. The normalized spacial score (nSPS) is 17.0. The Hall–Kier alpha value is 0.300. The molecule has 0 aliphatic rings. The molecule has 0 radical (unpaired) electrons. The van der Waals surface area contributed by atoms with Gasteiger partial charge < -0.3 is 20.5 Å². The molecule has 0 rings (SSSR count). The first-order chi connectivity index (χ1) is 6.76. The van der Waals surface area contributed by atoms with Gasteiger partial charge in [-0.3, -0.25) is 9.13 Å². The molecule has 0 heterocycles. The van der Waals surface area contributed by atoms with Crippen molar-refractivity contribution in [3.63, 3.8) is 0 Å². The second-order valence-electron chi connectivity index (χ2n) is 2.78. The van der Waals surface area contributed by atoms with Crippen molar-refractivity contribution in [3.05, 3.63) is 0 Å². The number of hydrogen-bond acceptors (Lipinski definition) is 6. The Bertz CT molecular complexity index is 172. The van der Waals surface area contributed by atoms with Crippen molar-refractivity contribution in [3.8, 4) is 0 Å². The first-order valence-corrected chi connectivity index (χ1v) is 6.24. The minimum absolute atomic E-state index is 0.289. The van der Waals surface area contributed by atoms with Gasteiger partial charge in [0, 0.05) is 12.6 Å². The molecule has 0 amide bonds. The summed E-state index contributed by atoms with van der Waals surface area (Å²) in [7, 11) is -2.43. The van der Waals surface area contributed by atoms with Crippen molar-refractivity contribution < 1.29 is 18.2 Å². The largest absolute Gasteiger partial charge is 0.332 e. The lowest BCUT2D eigenvalue weighted by Gasteiger charge is -2.20. The molecule has 8 heteroatoms. The van der Waals surface area contributed by atoms with Crippen LogP contribution in [-0.2, 0) is 18.2 Å². The summed E-state index contributed by atoms with van der Waals surface area (Å²) in [6.07, 6.45) is 0.998. The first-order valence-electron chi connectivity index (χ1n) is 4.36. The third kappa shape index (κ3) is 6.71. The maximum Gasteiger partial charge on any atom is 0.180 e. The summed E-state index contributed by atoms with van der Waals surface area (Å²) in [5.41, 5.74) is 11.0. The van der Waals surface area contributed by atoms with Gasteiger partial charge in [0.15, 0.2) is 17.4 Å². The summed E-state index contributed by atoms with van der Waals surface area (Å²) < 4.78 is 30.0. The molecule has 4 N–H and O–H groups in total. The van der Waals surface area contributed by atoms with Crippen LogP contribution in [0.1, 0.15) is 12.8 Å². The zero-order chi connectivity index (χ0) is 10.8. The van der Waals surface area contributed by atoms with Gasteiger partial charge in [0.1, 0.15) is 0 Å². The van der Waals surface area contributed by atoms with E-state index in [9.17, 15) is 9.13 Å². The van der Waals surface area contributed by atoms with Crippen LogP contribution in [0.5, 0.6) is 0 Å². The highest BCUT2D eigenvalue weighted by Crippen LogP contribution is 2.12. The summed E-state index contributed by atoms with van der Waals surface area (Å²) in [5.74, 6) is 0. The maximum atomic E-state index is 10.3. The van der Waals surface area contributed by atoms with Crippen molar-refractivity contribution in [2.75, 3.05) is 13.2 Å². The first kappa shape index (κ1) is 14.3. The van der Waals surface area contributed by atoms with Gasteiger partial charge in [-0.1, -0.05) is 0 Å². The van der Waals surface area contributed by atoms with Crippen LogP contribution >= 0.6 is 17.4 Å². The van der Waals surface area contributed by atoms with Crippen LogP contribution in [0.3, 0.4) is 0 Å². The molecule has 0 fully saturated rings. The molecule has 86 valence electrons. The van der Waals surface area contributed by atoms with Gasteiger partial charge in [-0.2, -0.15) is 0 Å². The lowest BCUT2D eigenvalue weighted by molar-refractivity contribution is 0.170. The summed E-state index contributed by atoms with van der Waals surface area (Å²) in [4.78, 5) is 0. The van der Waals surface area contributed by atoms with Crippen molar-refractivity contribution >= 4 is 17.4 Å². The number of nitrogens with two attached hydrogens (primary N) is 2. The minimum atomic E-state index is -1.27. The third-order valence-electron chi connectivity index (χ3n) is 1.80. The molecule has 0 aliphatic carbocycles. The van der Waals surface area contributed by atoms with Crippen LogP contribution in [0.2, 0.25) is 0 Å². The van der Waals surface area contributed by atoms with E-state index in [1.165, 1.54) is 0 Å². The van der Waals surface area contributed by atoms with Crippen molar-refractivity contribution in [1.29, 1.82) is 0 Å². The third-order valence-corrected chi connectivity index (χ3v) is 2.63. The lowest BCUT2D eigenvalue weighted by Crippen LogP contribution is -2.41. The van der Waals surface area contributed by atoms with E-state index in [-0.39, 0.29) is 18.7 Å². The fourth-order valence-electron chi connectivity index (χ4n) is 1.02. The molecule has 0 bridgehead atoms. The van der Waals surface area contributed by atoms with Crippen molar-refractivity contribution in [2.45, 2.75) is 25.0 Å². The Balaban J connectivity index is 3.71. The van der Waals surface area contributed by atoms with E-state index in [1.54, 1.807) is 0 Å². The Morgan fingerprint density at radius 3 is 2.50 bits per heavy atom. The van der Waals surface area contributed by atoms with Gasteiger partial charge >= 0.3 is 0 Å². The van der Waals surface area contributed by atoms with E-state index < -0.39 is 17.4 Å². The fourth-order valence-corrected chi connectivity index (χ4v) is 1.77. The predicted molar refractivity (Wildman–Crippen MR) is 57.9 cm³/mol. The molecular formula is C6H18N2O4P2. The smallest absolute Gasteiger partial charge is 0.180 e. The molecule has 4 unspecified atom stereocenters. The molecule has 0 aliphatic heterocycles. The van der Waals surface area contributed by atoms with Crippen LogP contribution in [0.25, 0.3) is 0 Å². The summed E-state index contributed by atoms with van der Waals surface area (Å²) in [6, 6.07) is -0.309. The zero-order valence-corrected chi connectivity index (χ0v) is 10.2. The highest BCUT2D eigenvalue weighted by Gasteiger charge is 2.16. The Kier molecular flexibility index (Phi) is 10.1. The molecule has 0 aromatic heterocycles. The Morgan fingerprint density at radius 2 is 2.00 bits per heavy atom. The van der Waals surface area contributed by atoms with E-state index >= 15 is 0 Å². The van der Waals surface area contributed by atoms with E-state index in [0.717, 1.165) is 0 Å². The van der Waals surface area contributed by atoms with Crippen LogP contribution < -0.4 is 11.5 Å². The van der Waals surface area contributed by atoms with Gasteiger partial charge in [-0.15, -0.1) is 0 Å². The number of hydrogen-bond donors (Lipinski definition) is 2. The quantitative estimate of drug-likeness (QED) is 0.429. The molecule has 6 nitrogen and oxygen atoms in total. The van der Waals surface area contributed by atoms with E-state index in [4.69, 9.17) is 20.5 Å². The summed E-state index contributed by atoms with van der Waals surface area (Å²) in [6.45, 7) is 0.696. The highest BCUT2D eigenvalue weighted by molar-refractivity contribution is 7.17. The Labute approximate surface area is 85.9 Å². The van der Waals surface area contributed by atoms with Crippen molar-refractivity contribution in [1.82, 2.24) is 0 Å². The topological polar surface area (TPSA) is 105 Å². The van der Waals surface area contributed by atoms with Gasteiger partial charge in [0.05, 0.1) is 12.7 Å². The molecule has 0 spiro atoms. The highest BCUT2D eigenvalue weighted by atomic mass is 31.1. The molecule has 14 heavy (non-hydrogen) atoms. The maximum absolute atomic E-state index is 10.3.